The second kappa shape index (κ2) is 3.65. The second-order valence-electron chi connectivity index (χ2n) is 3.15. The van der Waals surface area contributed by atoms with Crippen molar-refractivity contribution >= 4 is 16.9 Å². The number of hydrogen-bond donors (Lipinski definition) is 1. The average molecular weight is 204 g/mol. The molecular weight excluding hydrogens is 194 g/mol. The predicted molar refractivity (Wildman–Crippen MR) is 53.8 cm³/mol. The molecule has 0 fully saturated rings. The van der Waals surface area contributed by atoms with Crippen LogP contribution in [0, 0.1) is 0 Å². The number of fused-ring (bicyclic) bond motifs is 1. The Hall–Kier alpha value is -1.97. The molecule has 0 aliphatic rings. The molecule has 0 bridgehead atoms. The second-order valence-corrected chi connectivity index (χ2v) is 3.15. The Kier molecular flexibility index (Phi) is 2.33. The molecule has 0 amide bonds. The Labute approximate surface area is 86.5 Å². The van der Waals surface area contributed by atoms with Crippen LogP contribution in [-0.4, -0.2) is 17.6 Å². The maximum Gasteiger partial charge on any atom is 0.121 e. The molecule has 78 valence electrons. The number of aromatic carboxylic acids is 1. The van der Waals surface area contributed by atoms with Gasteiger partial charge in [0.1, 0.15) is 5.75 Å². The van der Waals surface area contributed by atoms with E-state index in [1.807, 2.05) is 13.0 Å². The minimum Gasteiger partial charge on any atom is -0.543 e. The summed E-state index contributed by atoms with van der Waals surface area (Å²) < 4.78 is 5.30. The highest BCUT2D eigenvalue weighted by Crippen LogP contribution is 2.21. The van der Waals surface area contributed by atoms with Crippen LogP contribution in [0.15, 0.2) is 24.3 Å². The van der Waals surface area contributed by atoms with Gasteiger partial charge in [-0.1, -0.05) is 0 Å². The van der Waals surface area contributed by atoms with E-state index in [1.54, 1.807) is 18.2 Å². The molecule has 0 unspecified atom stereocenters. The van der Waals surface area contributed by atoms with Crippen LogP contribution in [0.3, 0.4) is 0 Å². The van der Waals surface area contributed by atoms with Crippen molar-refractivity contribution < 1.29 is 14.6 Å². The molecule has 1 aromatic carbocycles. The molecule has 0 saturated carbocycles. The maximum absolute atomic E-state index is 10.6. The van der Waals surface area contributed by atoms with Crippen LogP contribution in [0.2, 0.25) is 0 Å². The number of benzene rings is 1. The SMILES string of the molecule is CCOc1ccc2cc(C(=O)[O-])[nH]c2c1. The molecule has 2 aromatic rings. The first kappa shape index (κ1) is 9.58. The van der Waals surface area contributed by atoms with E-state index in [4.69, 9.17) is 4.74 Å². The van der Waals surface area contributed by atoms with Gasteiger partial charge < -0.3 is 19.6 Å². The summed E-state index contributed by atoms with van der Waals surface area (Å²) in [7, 11) is 0. The third kappa shape index (κ3) is 1.79. The minimum absolute atomic E-state index is 0.0821. The van der Waals surface area contributed by atoms with Crippen molar-refractivity contribution in [2.45, 2.75) is 6.92 Å². The van der Waals surface area contributed by atoms with Crippen LogP contribution in [0.1, 0.15) is 17.4 Å². The normalized spacial score (nSPS) is 10.5. The summed E-state index contributed by atoms with van der Waals surface area (Å²) in [6.45, 7) is 2.48. The number of carbonyl (C=O) groups is 1. The van der Waals surface area contributed by atoms with Crippen LogP contribution < -0.4 is 9.84 Å². The van der Waals surface area contributed by atoms with Gasteiger partial charge in [-0.05, 0) is 25.1 Å². The molecule has 1 heterocycles. The average Bonchev–Trinajstić information content (AvgIpc) is 2.61. The highest BCUT2D eigenvalue weighted by Gasteiger charge is 2.02. The monoisotopic (exact) mass is 204 g/mol. The summed E-state index contributed by atoms with van der Waals surface area (Å²) >= 11 is 0. The zero-order chi connectivity index (χ0) is 10.8. The number of ether oxygens (including phenoxy) is 1. The number of carboxylic acids is 1. The molecule has 2 rings (SSSR count). The quantitative estimate of drug-likeness (QED) is 0.808. The van der Waals surface area contributed by atoms with E-state index in [0.29, 0.717) is 6.61 Å². The molecule has 4 nitrogen and oxygen atoms in total. The topological polar surface area (TPSA) is 65.2 Å². The highest BCUT2D eigenvalue weighted by molar-refractivity contribution is 5.93. The Morgan fingerprint density at radius 1 is 1.47 bits per heavy atom. The molecule has 0 aliphatic heterocycles. The number of H-pyrrole nitrogens is 1. The zero-order valence-electron chi connectivity index (χ0n) is 8.24. The van der Waals surface area contributed by atoms with E-state index in [0.717, 1.165) is 16.7 Å². The lowest BCUT2D eigenvalue weighted by Gasteiger charge is -2.01. The zero-order valence-corrected chi connectivity index (χ0v) is 8.24. The van der Waals surface area contributed by atoms with E-state index >= 15 is 0 Å². The summed E-state index contributed by atoms with van der Waals surface area (Å²) in [4.78, 5) is 13.4. The molecular formula is C11H10NO3-. The molecule has 4 heteroatoms. The van der Waals surface area contributed by atoms with Gasteiger partial charge >= 0.3 is 0 Å². The minimum atomic E-state index is -1.20. The summed E-state index contributed by atoms with van der Waals surface area (Å²) in [5.74, 6) is -0.485. The van der Waals surface area contributed by atoms with Crippen LogP contribution in [0.25, 0.3) is 10.9 Å². The number of hydrogen-bond acceptors (Lipinski definition) is 3. The lowest BCUT2D eigenvalue weighted by molar-refractivity contribution is -0.255. The number of aromatic nitrogens is 1. The molecule has 0 atom stereocenters. The van der Waals surface area contributed by atoms with Crippen LogP contribution in [-0.2, 0) is 0 Å². The van der Waals surface area contributed by atoms with Crippen molar-refractivity contribution in [3.63, 3.8) is 0 Å². The Bertz CT molecular complexity index is 502. The molecule has 15 heavy (non-hydrogen) atoms. The first-order chi connectivity index (χ1) is 7.20. The molecule has 0 saturated heterocycles. The molecule has 0 radical (unpaired) electrons. The van der Waals surface area contributed by atoms with Crippen molar-refractivity contribution in [3.8, 4) is 5.75 Å². The van der Waals surface area contributed by atoms with Gasteiger partial charge in [0, 0.05) is 17.0 Å². The van der Waals surface area contributed by atoms with E-state index in [1.165, 1.54) is 0 Å². The van der Waals surface area contributed by atoms with Crippen molar-refractivity contribution in [3.05, 3.63) is 30.0 Å². The number of aromatic amines is 1. The summed E-state index contributed by atoms with van der Waals surface area (Å²) in [5.41, 5.74) is 0.818. The van der Waals surface area contributed by atoms with E-state index in [-0.39, 0.29) is 5.69 Å². The van der Waals surface area contributed by atoms with Gasteiger partial charge in [-0.15, -0.1) is 0 Å². The number of nitrogens with one attached hydrogen (secondary N) is 1. The number of carbonyl (C=O) groups excluding carboxylic acids is 1. The van der Waals surface area contributed by atoms with Gasteiger partial charge in [0.05, 0.1) is 18.3 Å². The van der Waals surface area contributed by atoms with Gasteiger partial charge in [-0.2, -0.15) is 0 Å². The van der Waals surface area contributed by atoms with Crippen LogP contribution in [0.5, 0.6) is 5.75 Å². The van der Waals surface area contributed by atoms with Crippen LogP contribution in [0.4, 0.5) is 0 Å². The van der Waals surface area contributed by atoms with Crippen molar-refractivity contribution in [2.75, 3.05) is 6.61 Å². The van der Waals surface area contributed by atoms with E-state index in [2.05, 4.69) is 4.98 Å². The van der Waals surface area contributed by atoms with Gasteiger partial charge in [0.25, 0.3) is 0 Å². The number of carboxylic acid groups (broad SMARTS) is 1. The van der Waals surface area contributed by atoms with E-state index < -0.39 is 5.97 Å². The molecule has 0 aliphatic carbocycles. The Morgan fingerprint density at radius 3 is 2.93 bits per heavy atom. The molecule has 1 N–H and O–H groups in total. The summed E-state index contributed by atoms with van der Waals surface area (Å²) in [6, 6.07) is 6.92. The van der Waals surface area contributed by atoms with Crippen molar-refractivity contribution in [2.24, 2.45) is 0 Å². The van der Waals surface area contributed by atoms with Gasteiger partial charge in [-0.3, -0.25) is 0 Å². The lowest BCUT2D eigenvalue weighted by atomic mass is 10.2. The molecule has 0 spiro atoms. The Morgan fingerprint density at radius 2 is 2.27 bits per heavy atom. The van der Waals surface area contributed by atoms with E-state index in [9.17, 15) is 9.90 Å². The van der Waals surface area contributed by atoms with Crippen LogP contribution >= 0.6 is 0 Å². The number of rotatable bonds is 3. The maximum atomic E-state index is 10.6. The third-order valence-electron chi connectivity index (χ3n) is 2.12. The Balaban J connectivity index is 2.47. The summed E-state index contributed by atoms with van der Waals surface area (Å²) in [5, 5.41) is 11.4. The largest absolute Gasteiger partial charge is 0.543 e. The fraction of sp³-hybridized carbons (Fsp3) is 0.182. The van der Waals surface area contributed by atoms with Crippen molar-refractivity contribution in [1.82, 2.24) is 4.98 Å². The lowest BCUT2D eigenvalue weighted by Crippen LogP contribution is -2.22. The smallest absolute Gasteiger partial charge is 0.121 e. The predicted octanol–water partition coefficient (Wildman–Crippen LogP) is 0.930. The van der Waals surface area contributed by atoms with Gasteiger partial charge in [-0.25, -0.2) is 0 Å². The molecule has 1 aromatic heterocycles. The van der Waals surface area contributed by atoms with Gasteiger partial charge in [0.15, 0.2) is 0 Å². The fourth-order valence-corrected chi connectivity index (χ4v) is 1.47. The summed E-state index contributed by atoms with van der Waals surface area (Å²) in [6.07, 6.45) is 0. The first-order valence-corrected chi connectivity index (χ1v) is 4.67. The van der Waals surface area contributed by atoms with Crippen molar-refractivity contribution in [1.29, 1.82) is 0 Å². The highest BCUT2D eigenvalue weighted by atomic mass is 16.5. The third-order valence-corrected chi connectivity index (χ3v) is 2.12. The van der Waals surface area contributed by atoms with Gasteiger partial charge in [0.2, 0.25) is 0 Å². The first-order valence-electron chi connectivity index (χ1n) is 4.67. The standard InChI is InChI=1S/C11H11NO3/c1-2-15-8-4-3-7-5-10(11(13)14)12-9(7)6-8/h3-6,12H,2H2,1H3,(H,13,14)/p-1. The fourth-order valence-electron chi connectivity index (χ4n) is 1.47.